The number of Topliss-reactive ketones (excluding diaryl/α,β-unsaturated/α-hetero) is 1. The van der Waals surface area contributed by atoms with Crippen LogP contribution in [0.2, 0.25) is 0 Å². The molecule has 0 unspecified atom stereocenters. The van der Waals surface area contributed by atoms with Gasteiger partial charge in [-0.1, -0.05) is 12.1 Å². The summed E-state index contributed by atoms with van der Waals surface area (Å²) in [7, 11) is 0. The number of carbonyl (C=O) groups is 1. The number of rotatable bonds is 4. The second kappa shape index (κ2) is 6.62. The maximum atomic E-state index is 11.8. The number of hydrogen-bond donors (Lipinski definition) is 1. The minimum absolute atomic E-state index is 0. The number of para-hydroxylation sites is 1. The van der Waals surface area contributed by atoms with Gasteiger partial charge in [0.05, 0.1) is 5.56 Å². The van der Waals surface area contributed by atoms with Crippen LogP contribution in [0.15, 0.2) is 24.3 Å². The Labute approximate surface area is 108 Å². The number of carbonyl (C=O) groups excluding carboxylic acids is 1. The zero-order valence-corrected chi connectivity index (χ0v) is 10.6. The number of hydrogen-bond acceptors (Lipinski definition) is 3. The molecule has 4 heteroatoms. The molecule has 0 saturated carbocycles. The lowest BCUT2D eigenvalue weighted by molar-refractivity contribution is 0.0966. The zero-order valence-electron chi connectivity index (χ0n) is 9.76. The molecule has 1 aliphatic heterocycles. The Bertz CT molecular complexity index is 375. The van der Waals surface area contributed by atoms with Crippen molar-refractivity contribution in [1.82, 2.24) is 4.90 Å². The van der Waals surface area contributed by atoms with Gasteiger partial charge in [-0.25, -0.2) is 0 Å². The van der Waals surface area contributed by atoms with Crippen molar-refractivity contribution >= 4 is 18.2 Å². The van der Waals surface area contributed by atoms with Crippen molar-refractivity contribution in [3.05, 3.63) is 29.8 Å². The summed E-state index contributed by atoms with van der Waals surface area (Å²) >= 11 is 0. The minimum Gasteiger partial charge on any atom is -0.507 e. The van der Waals surface area contributed by atoms with Gasteiger partial charge < -0.3 is 10.0 Å². The van der Waals surface area contributed by atoms with Crippen molar-refractivity contribution in [3.8, 4) is 5.75 Å². The fraction of sp³-hybridized carbons (Fsp3) is 0.462. The molecule has 1 N–H and O–H groups in total. The summed E-state index contributed by atoms with van der Waals surface area (Å²) < 4.78 is 0. The standard InChI is InChI=1S/C13H17NO2.ClH/c15-12-6-2-1-5-11(12)13(16)7-10-14-8-3-4-9-14;/h1-2,5-6,15H,3-4,7-10H2;1H. The lowest BCUT2D eigenvalue weighted by Crippen LogP contribution is -2.22. The summed E-state index contributed by atoms with van der Waals surface area (Å²) in [6.45, 7) is 3.02. The molecule has 1 aromatic rings. The second-order valence-corrected chi connectivity index (χ2v) is 4.24. The average Bonchev–Trinajstić information content (AvgIpc) is 2.79. The predicted molar refractivity (Wildman–Crippen MR) is 70.0 cm³/mol. The Kier molecular flexibility index (Phi) is 5.45. The number of aromatic hydroxyl groups is 1. The van der Waals surface area contributed by atoms with Crippen LogP contribution >= 0.6 is 12.4 Å². The number of ketones is 1. The molecular weight excluding hydrogens is 238 g/mol. The van der Waals surface area contributed by atoms with Gasteiger partial charge >= 0.3 is 0 Å². The van der Waals surface area contributed by atoms with Crippen LogP contribution in [-0.2, 0) is 0 Å². The molecule has 94 valence electrons. The molecule has 2 rings (SSSR count). The van der Waals surface area contributed by atoms with E-state index >= 15 is 0 Å². The maximum Gasteiger partial charge on any atom is 0.167 e. The van der Waals surface area contributed by atoms with Crippen molar-refractivity contribution in [1.29, 1.82) is 0 Å². The molecule has 0 amide bonds. The molecule has 17 heavy (non-hydrogen) atoms. The highest BCUT2D eigenvalue weighted by molar-refractivity contribution is 5.98. The third-order valence-corrected chi connectivity index (χ3v) is 3.06. The van der Waals surface area contributed by atoms with Gasteiger partial charge in [-0.3, -0.25) is 4.79 Å². The zero-order chi connectivity index (χ0) is 11.4. The molecule has 0 radical (unpaired) electrons. The van der Waals surface area contributed by atoms with Gasteiger partial charge in [-0.15, -0.1) is 12.4 Å². The van der Waals surface area contributed by atoms with Gasteiger partial charge in [0, 0.05) is 13.0 Å². The second-order valence-electron chi connectivity index (χ2n) is 4.24. The maximum absolute atomic E-state index is 11.8. The van der Waals surface area contributed by atoms with Crippen LogP contribution in [0.4, 0.5) is 0 Å². The molecule has 0 atom stereocenters. The van der Waals surface area contributed by atoms with E-state index in [1.165, 1.54) is 12.8 Å². The summed E-state index contributed by atoms with van der Waals surface area (Å²) in [5.41, 5.74) is 0.446. The smallest absolute Gasteiger partial charge is 0.167 e. The molecule has 0 spiro atoms. The first-order chi connectivity index (χ1) is 7.77. The summed E-state index contributed by atoms with van der Waals surface area (Å²) in [6, 6.07) is 6.75. The van der Waals surface area contributed by atoms with E-state index in [0.717, 1.165) is 19.6 Å². The third kappa shape index (κ3) is 3.72. The molecular formula is C13H18ClNO2. The van der Waals surface area contributed by atoms with Gasteiger partial charge in [-0.2, -0.15) is 0 Å². The largest absolute Gasteiger partial charge is 0.507 e. The topological polar surface area (TPSA) is 40.5 Å². The van der Waals surface area contributed by atoms with Crippen LogP contribution in [0.5, 0.6) is 5.75 Å². The monoisotopic (exact) mass is 255 g/mol. The molecule has 1 saturated heterocycles. The molecule has 0 aliphatic carbocycles. The van der Waals surface area contributed by atoms with E-state index in [0.29, 0.717) is 12.0 Å². The highest BCUT2D eigenvalue weighted by Gasteiger charge is 2.15. The Morgan fingerprint density at radius 1 is 1.24 bits per heavy atom. The van der Waals surface area contributed by atoms with Crippen LogP contribution in [0, 0.1) is 0 Å². The third-order valence-electron chi connectivity index (χ3n) is 3.06. The molecule has 1 fully saturated rings. The van der Waals surface area contributed by atoms with E-state index in [1.807, 2.05) is 0 Å². The van der Waals surface area contributed by atoms with E-state index in [1.54, 1.807) is 24.3 Å². The van der Waals surface area contributed by atoms with Crippen LogP contribution in [0.1, 0.15) is 29.6 Å². The fourth-order valence-electron chi connectivity index (χ4n) is 2.11. The van der Waals surface area contributed by atoms with E-state index in [4.69, 9.17) is 0 Å². The number of benzene rings is 1. The number of phenols is 1. The lowest BCUT2D eigenvalue weighted by Gasteiger charge is -2.13. The van der Waals surface area contributed by atoms with Gasteiger partial charge in [0.25, 0.3) is 0 Å². The van der Waals surface area contributed by atoms with E-state index in [9.17, 15) is 9.90 Å². The molecule has 0 bridgehead atoms. The van der Waals surface area contributed by atoms with E-state index in [-0.39, 0.29) is 23.9 Å². The van der Waals surface area contributed by atoms with Gasteiger partial charge in [-0.05, 0) is 38.1 Å². The predicted octanol–water partition coefficient (Wildman–Crippen LogP) is 2.48. The quantitative estimate of drug-likeness (QED) is 0.841. The molecule has 1 aliphatic rings. The van der Waals surface area contributed by atoms with Gasteiger partial charge in [0.1, 0.15) is 5.75 Å². The first-order valence-corrected chi connectivity index (χ1v) is 5.81. The Morgan fingerprint density at radius 3 is 2.53 bits per heavy atom. The number of nitrogens with zero attached hydrogens (tertiary/aromatic N) is 1. The fourth-order valence-corrected chi connectivity index (χ4v) is 2.11. The highest BCUT2D eigenvalue weighted by Crippen LogP contribution is 2.18. The molecule has 1 heterocycles. The molecule has 0 aromatic heterocycles. The first kappa shape index (κ1) is 14.0. The summed E-state index contributed by atoms with van der Waals surface area (Å²) in [6.07, 6.45) is 2.98. The van der Waals surface area contributed by atoms with Gasteiger partial charge in [0.15, 0.2) is 5.78 Å². The summed E-state index contributed by atoms with van der Waals surface area (Å²) in [5, 5.41) is 9.54. The van der Waals surface area contributed by atoms with Crippen molar-refractivity contribution in [2.75, 3.05) is 19.6 Å². The van der Waals surface area contributed by atoms with Crippen LogP contribution in [0.3, 0.4) is 0 Å². The van der Waals surface area contributed by atoms with Crippen LogP contribution in [-0.4, -0.2) is 35.4 Å². The van der Waals surface area contributed by atoms with E-state index < -0.39 is 0 Å². The lowest BCUT2D eigenvalue weighted by atomic mass is 10.1. The first-order valence-electron chi connectivity index (χ1n) is 5.81. The highest BCUT2D eigenvalue weighted by atomic mass is 35.5. The summed E-state index contributed by atoms with van der Waals surface area (Å²) in [5.74, 6) is 0.124. The number of halogens is 1. The summed E-state index contributed by atoms with van der Waals surface area (Å²) in [4.78, 5) is 14.1. The normalized spacial score (nSPS) is 15.5. The van der Waals surface area contributed by atoms with Crippen LogP contribution in [0.25, 0.3) is 0 Å². The molecule has 1 aromatic carbocycles. The van der Waals surface area contributed by atoms with Crippen molar-refractivity contribution < 1.29 is 9.90 Å². The average molecular weight is 256 g/mol. The SMILES string of the molecule is Cl.O=C(CCN1CCCC1)c1ccccc1O. The number of phenolic OH excluding ortho intramolecular Hbond substituents is 1. The Hall–Kier alpha value is -1.06. The van der Waals surface area contributed by atoms with Crippen molar-refractivity contribution in [2.45, 2.75) is 19.3 Å². The molecule has 3 nitrogen and oxygen atoms in total. The van der Waals surface area contributed by atoms with Crippen molar-refractivity contribution in [3.63, 3.8) is 0 Å². The van der Waals surface area contributed by atoms with Crippen molar-refractivity contribution in [2.24, 2.45) is 0 Å². The van der Waals surface area contributed by atoms with Gasteiger partial charge in [0.2, 0.25) is 0 Å². The number of likely N-dealkylation sites (tertiary alicyclic amines) is 1. The minimum atomic E-state index is 0. The Morgan fingerprint density at radius 2 is 1.88 bits per heavy atom. The Balaban J connectivity index is 0.00000144. The van der Waals surface area contributed by atoms with E-state index in [2.05, 4.69) is 4.90 Å². The van der Waals surface area contributed by atoms with Crippen LogP contribution < -0.4 is 0 Å².